The molecule has 1 aromatic heterocycles. The molecule has 152 valence electrons. The maximum absolute atomic E-state index is 12.4. The van der Waals surface area contributed by atoms with Gasteiger partial charge in [-0.1, -0.05) is 54.6 Å². The molecule has 1 fully saturated rings. The third-order valence-corrected chi connectivity index (χ3v) is 6.36. The second-order valence-corrected chi connectivity index (χ2v) is 8.32. The molecule has 1 amide bonds. The normalized spacial score (nSPS) is 19.6. The van der Waals surface area contributed by atoms with Crippen molar-refractivity contribution in [2.45, 2.75) is 37.8 Å². The van der Waals surface area contributed by atoms with Crippen LogP contribution in [-0.4, -0.2) is 24.0 Å². The molecule has 5 heteroatoms. The zero-order valence-corrected chi connectivity index (χ0v) is 17.3. The summed E-state index contributed by atoms with van der Waals surface area (Å²) < 4.78 is 5.85. The predicted octanol–water partition coefficient (Wildman–Crippen LogP) is 4.50. The molecule has 2 N–H and O–H groups in total. The SMILES string of the molecule is C[C@H]1Oc2nc(-c3ccc(C4(N)CCC4)cc3)c(-c3ccccc3)cc2N(C)C1=O. The van der Waals surface area contributed by atoms with Crippen molar-refractivity contribution in [1.82, 2.24) is 4.98 Å². The summed E-state index contributed by atoms with van der Waals surface area (Å²) in [6.07, 6.45) is 2.70. The molecule has 2 aromatic carbocycles. The van der Waals surface area contributed by atoms with E-state index in [4.69, 9.17) is 15.5 Å². The van der Waals surface area contributed by atoms with Crippen LogP contribution in [0.5, 0.6) is 5.88 Å². The Morgan fingerprint density at radius 2 is 1.77 bits per heavy atom. The van der Waals surface area contributed by atoms with Crippen LogP contribution in [0.4, 0.5) is 5.69 Å². The van der Waals surface area contributed by atoms with E-state index in [1.165, 1.54) is 12.0 Å². The van der Waals surface area contributed by atoms with Gasteiger partial charge in [0, 0.05) is 23.7 Å². The number of rotatable bonds is 3. The summed E-state index contributed by atoms with van der Waals surface area (Å²) in [5.74, 6) is 0.409. The zero-order valence-electron chi connectivity index (χ0n) is 17.3. The summed E-state index contributed by atoms with van der Waals surface area (Å²) in [5, 5.41) is 0. The van der Waals surface area contributed by atoms with Crippen molar-refractivity contribution in [2.75, 3.05) is 11.9 Å². The minimum atomic E-state index is -0.552. The van der Waals surface area contributed by atoms with Gasteiger partial charge in [0.05, 0.1) is 5.69 Å². The van der Waals surface area contributed by atoms with Crippen molar-refractivity contribution < 1.29 is 9.53 Å². The third-order valence-electron chi connectivity index (χ3n) is 6.36. The highest BCUT2D eigenvalue weighted by molar-refractivity contribution is 6.00. The topological polar surface area (TPSA) is 68.5 Å². The lowest BCUT2D eigenvalue weighted by Gasteiger charge is -2.38. The molecule has 2 aliphatic rings. The lowest BCUT2D eigenvalue weighted by molar-refractivity contribution is -0.125. The van der Waals surface area contributed by atoms with E-state index in [2.05, 4.69) is 36.4 Å². The minimum absolute atomic E-state index is 0.0749. The number of anilines is 1. The number of likely N-dealkylation sites (N-methyl/N-ethyl adjacent to an activating group) is 1. The Morgan fingerprint density at radius 3 is 2.40 bits per heavy atom. The fourth-order valence-electron chi connectivity index (χ4n) is 4.29. The summed E-state index contributed by atoms with van der Waals surface area (Å²) in [6, 6.07) is 20.5. The quantitative estimate of drug-likeness (QED) is 0.704. The summed E-state index contributed by atoms with van der Waals surface area (Å²) >= 11 is 0. The van der Waals surface area contributed by atoms with Crippen LogP contribution >= 0.6 is 0 Å². The van der Waals surface area contributed by atoms with Gasteiger partial charge in [0.15, 0.2) is 6.10 Å². The molecule has 1 aliphatic heterocycles. The Hall–Kier alpha value is -3.18. The molecule has 30 heavy (non-hydrogen) atoms. The molecule has 1 aliphatic carbocycles. The lowest BCUT2D eigenvalue weighted by atomic mass is 9.72. The van der Waals surface area contributed by atoms with Crippen molar-refractivity contribution in [3.05, 3.63) is 66.2 Å². The number of benzene rings is 2. The van der Waals surface area contributed by atoms with Gasteiger partial charge in [0.25, 0.3) is 5.91 Å². The number of hydrogen-bond acceptors (Lipinski definition) is 4. The van der Waals surface area contributed by atoms with Gasteiger partial charge in [-0.05, 0) is 43.4 Å². The number of aromatic nitrogens is 1. The highest BCUT2D eigenvalue weighted by atomic mass is 16.5. The van der Waals surface area contributed by atoms with Crippen molar-refractivity contribution in [2.24, 2.45) is 5.73 Å². The van der Waals surface area contributed by atoms with E-state index in [-0.39, 0.29) is 11.4 Å². The van der Waals surface area contributed by atoms with Gasteiger partial charge in [-0.2, -0.15) is 0 Å². The first kappa shape index (κ1) is 18.8. The molecule has 0 unspecified atom stereocenters. The molecule has 0 saturated heterocycles. The molecule has 3 aromatic rings. The van der Waals surface area contributed by atoms with Crippen molar-refractivity contribution in [3.63, 3.8) is 0 Å². The monoisotopic (exact) mass is 399 g/mol. The first-order valence-corrected chi connectivity index (χ1v) is 10.4. The van der Waals surface area contributed by atoms with Crippen molar-refractivity contribution in [1.29, 1.82) is 0 Å². The minimum Gasteiger partial charge on any atom is -0.463 e. The molecule has 2 heterocycles. The van der Waals surface area contributed by atoms with Gasteiger partial charge in [-0.3, -0.25) is 4.79 Å². The summed E-state index contributed by atoms with van der Waals surface area (Å²) in [5.41, 5.74) is 12.0. The zero-order chi connectivity index (χ0) is 20.9. The van der Waals surface area contributed by atoms with Crippen LogP contribution in [-0.2, 0) is 10.3 Å². The number of nitrogens with zero attached hydrogens (tertiary/aromatic N) is 2. The number of nitrogens with two attached hydrogens (primary N) is 1. The number of carbonyl (C=O) groups excluding carboxylic acids is 1. The van der Waals surface area contributed by atoms with E-state index < -0.39 is 6.10 Å². The van der Waals surface area contributed by atoms with E-state index in [0.717, 1.165) is 35.2 Å². The van der Waals surface area contributed by atoms with E-state index >= 15 is 0 Å². The van der Waals surface area contributed by atoms with Crippen LogP contribution in [0, 0.1) is 0 Å². The first-order chi connectivity index (χ1) is 14.5. The number of hydrogen-bond donors (Lipinski definition) is 1. The van der Waals surface area contributed by atoms with Gasteiger partial charge in [0.1, 0.15) is 5.69 Å². The second-order valence-electron chi connectivity index (χ2n) is 8.32. The number of ether oxygens (including phenoxy) is 1. The fourth-order valence-corrected chi connectivity index (χ4v) is 4.29. The number of carbonyl (C=O) groups is 1. The average molecular weight is 399 g/mol. The molecule has 5 rings (SSSR count). The van der Waals surface area contributed by atoms with Gasteiger partial charge >= 0.3 is 0 Å². The molecular formula is C25H25N3O2. The van der Waals surface area contributed by atoms with E-state index in [0.29, 0.717) is 11.6 Å². The molecular weight excluding hydrogens is 374 g/mol. The van der Waals surface area contributed by atoms with Gasteiger partial charge in [-0.15, -0.1) is 0 Å². The third kappa shape index (κ3) is 2.97. The Balaban J connectivity index is 1.65. The Kier molecular flexibility index (Phi) is 4.36. The van der Waals surface area contributed by atoms with Gasteiger partial charge in [-0.25, -0.2) is 4.98 Å². The molecule has 1 saturated carbocycles. The second kappa shape index (κ2) is 6.96. The highest BCUT2D eigenvalue weighted by Crippen LogP contribution is 2.42. The smallest absolute Gasteiger partial charge is 0.267 e. The van der Waals surface area contributed by atoms with Crippen LogP contribution in [0.2, 0.25) is 0 Å². The van der Waals surface area contributed by atoms with Crippen LogP contribution in [0.15, 0.2) is 60.7 Å². The molecule has 0 radical (unpaired) electrons. The molecule has 0 spiro atoms. The first-order valence-electron chi connectivity index (χ1n) is 10.4. The molecule has 5 nitrogen and oxygen atoms in total. The summed E-state index contributed by atoms with van der Waals surface area (Å²) in [7, 11) is 1.77. The summed E-state index contributed by atoms with van der Waals surface area (Å²) in [6.45, 7) is 1.75. The van der Waals surface area contributed by atoms with Crippen molar-refractivity contribution >= 4 is 11.6 Å². The molecule has 1 atom stereocenters. The van der Waals surface area contributed by atoms with E-state index in [1.54, 1.807) is 18.9 Å². The largest absolute Gasteiger partial charge is 0.463 e. The Labute approximate surface area is 176 Å². The number of fused-ring (bicyclic) bond motifs is 1. The van der Waals surface area contributed by atoms with Gasteiger partial charge in [0.2, 0.25) is 5.88 Å². The van der Waals surface area contributed by atoms with Crippen molar-refractivity contribution in [3.8, 4) is 28.3 Å². The predicted molar refractivity (Wildman–Crippen MR) is 118 cm³/mol. The number of pyridine rings is 1. The van der Waals surface area contributed by atoms with Gasteiger partial charge < -0.3 is 15.4 Å². The lowest BCUT2D eigenvalue weighted by Crippen LogP contribution is -2.43. The van der Waals surface area contributed by atoms with E-state index in [1.807, 2.05) is 24.3 Å². The maximum atomic E-state index is 12.4. The average Bonchev–Trinajstić information content (AvgIpc) is 2.76. The fraction of sp³-hybridized carbons (Fsp3) is 0.280. The Bertz CT molecular complexity index is 1110. The Morgan fingerprint density at radius 1 is 1.07 bits per heavy atom. The summed E-state index contributed by atoms with van der Waals surface area (Å²) in [4.78, 5) is 18.9. The van der Waals surface area contributed by atoms with Crippen LogP contribution < -0.4 is 15.4 Å². The number of amides is 1. The maximum Gasteiger partial charge on any atom is 0.267 e. The van der Waals surface area contributed by atoms with Crippen LogP contribution in [0.25, 0.3) is 22.4 Å². The molecule has 0 bridgehead atoms. The van der Waals surface area contributed by atoms with Crippen LogP contribution in [0.3, 0.4) is 0 Å². The van der Waals surface area contributed by atoms with Crippen LogP contribution in [0.1, 0.15) is 31.7 Å². The van der Waals surface area contributed by atoms with E-state index in [9.17, 15) is 4.79 Å². The standard InChI is InChI=1S/C25H25N3O2/c1-16-24(29)28(2)21-15-20(17-7-4-3-5-8-17)22(27-23(21)30-16)18-9-11-19(12-10-18)25(26)13-6-14-25/h3-5,7-12,15-16H,6,13-14,26H2,1-2H3/t16-/m1/s1. The highest BCUT2D eigenvalue weighted by Gasteiger charge is 2.34.